The van der Waals surface area contributed by atoms with Crippen LogP contribution < -0.4 is 0 Å². The maximum absolute atomic E-state index is 13.0. The standard InChI is InChI=1S/C13H18ClNO5S3/c14-12-3-4-13(21-12)23(18,19)15(8-11-2-1-6-20-11)10-5-7-22(16,17)9-10/h3-4,10-11H,1-2,5-9H2/t10-,11-/m0/s1. The van der Waals surface area contributed by atoms with Gasteiger partial charge in [0.15, 0.2) is 9.84 Å². The third-order valence-corrected chi connectivity index (χ3v) is 9.50. The molecule has 2 aliphatic heterocycles. The molecule has 0 saturated carbocycles. The molecule has 0 bridgehead atoms. The highest BCUT2D eigenvalue weighted by atomic mass is 35.5. The summed E-state index contributed by atoms with van der Waals surface area (Å²) in [6.07, 6.45) is 1.83. The van der Waals surface area contributed by atoms with E-state index in [2.05, 4.69) is 0 Å². The first-order valence-corrected chi connectivity index (χ1v) is 11.8. The van der Waals surface area contributed by atoms with Crippen LogP contribution >= 0.6 is 22.9 Å². The lowest BCUT2D eigenvalue weighted by Gasteiger charge is -2.28. The van der Waals surface area contributed by atoms with Crippen molar-refractivity contribution in [1.29, 1.82) is 0 Å². The van der Waals surface area contributed by atoms with Crippen LogP contribution in [0.4, 0.5) is 0 Å². The van der Waals surface area contributed by atoms with Crippen molar-refractivity contribution < 1.29 is 21.6 Å². The average molecular weight is 400 g/mol. The Bertz CT molecular complexity index is 767. The van der Waals surface area contributed by atoms with Crippen molar-refractivity contribution in [2.75, 3.05) is 24.7 Å². The summed E-state index contributed by atoms with van der Waals surface area (Å²) in [5, 5.41) is 0. The van der Waals surface area contributed by atoms with Gasteiger partial charge in [0.05, 0.1) is 21.9 Å². The number of nitrogens with zero attached hydrogens (tertiary/aromatic N) is 1. The summed E-state index contributed by atoms with van der Waals surface area (Å²) in [5.74, 6) is -0.0987. The first-order valence-electron chi connectivity index (χ1n) is 7.37. The maximum atomic E-state index is 13.0. The van der Waals surface area contributed by atoms with Crippen LogP contribution in [0.25, 0.3) is 0 Å². The fourth-order valence-electron chi connectivity index (χ4n) is 2.99. The van der Waals surface area contributed by atoms with Gasteiger partial charge in [0.1, 0.15) is 4.21 Å². The molecule has 0 amide bonds. The van der Waals surface area contributed by atoms with E-state index in [-0.39, 0.29) is 28.4 Å². The second-order valence-electron chi connectivity index (χ2n) is 5.83. The Kier molecular flexibility index (Phi) is 5.06. The van der Waals surface area contributed by atoms with Crippen LogP contribution in [-0.2, 0) is 24.6 Å². The molecule has 130 valence electrons. The first kappa shape index (κ1) is 17.6. The van der Waals surface area contributed by atoms with E-state index in [0.717, 1.165) is 24.2 Å². The van der Waals surface area contributed by atoms with E-state index in [1.165, 1.54) is 16.4 Å². The van der Waals surface area contributed by atoms with Crippen LogP contribution in [0.1, 0.15) is 19.3 Å². The normalized spacial score (nSPS) is 27.7. The predicted octanol–water partition coefficient (Wildman–Crippen LogP) is 1.76. The zero-order valence-electron chi connectivity index (χ0n) is 12.4. The topological polar surface area (TPSA) is 80.8 Å². The first-order chi connectivity index (χ1) is 10.8. The zero-order chi connectivity index (χ0) is 16.7. The lowest BCUT2D eigenvalue weighted by molar-refractivity contribution is 0.0877. The lowest BCUT2D eigenvalue weighted by atomic mass is 10.2. The van der Waals surface area contributed by atoms with Gasteiger partial charge in [-0.2, -0.15) is 4.31 Å². The maximum Gasteiger partial charge on any atom is 0.252 e. The minimum atomic E-state index is -3.78. The van der Waals surface area contributed by atoms with E-state index in [9.17, 15) is 16.8 Å². The van der Waals surface area contributed by atoms with Crippen molar-refractivity contribution in [2.45, 2.75) is 35.6 Å². The summed E-state index contributed by atoms with van der Waals surface area (Å²) in [6.45, 7) is 0.810. The van der Waals surface area contributed by atoms with E-state index in [4.69, 9.17) is 16.3 Å². The SMILES string of the molecule is O=S1(=O)CC[C@H](N(C[C@@H]2CCCO2)S(=O)(=O)c2ccc(Cl)s2)C1. The highest BCUT2D eigenvalue weighted by molar-refractivity contribution is 7.92. The van der Waals surface area contributed by atoms with Crippen LogP contribution in [0, 0.1) is 0 Å². The fraction of sp³-hybridized carbons (Fsp3) is 0.692. The number of ether oxygens (including phenoxy) is 1. The minimum Gasteiger partial charge on any atom is -0.377 e. The fourth-order valence-corrected chi connectivity index (χ4v) is 8.11. The van der Waals surface area contributed by atoms with Crippen LogP contribution in [0.2, 0.25) is 4.34 Å². The van der Waals surface area contributed by atoms with Gasteiger partial charge in [-0.15, -0.1) is 11.3 Å². The van der Waals surface area contributed by atoms with Crippen LogP contribution in [0.3, 0.4) is 0 Å². The number of hydrogen-bond acceptors (Lipinski definition) is 6. The van der Waals surface area contributed by atoms with Crippen molar-refractivity contribution in [3.63, 3.8) is 0 Å². The second-order valence-corrected chi connectivity index (χ2v) is 11.9. The van der Waals surface area contributed by atoms with Crippen molar-refractivity contribution in [3.8, 4) is 0 Å². The Morgan fingerprint density at radius 2 is 2.13 bits per heavy atom. The summed E-state index contributed by atoms with van der Waals surface area (Å²) in [6, 6.07) is 2.47. The molecule has 0 aromatic carbocycles. The third-order valence-electron chi connectivity index (χ3n) is 4.13. The number of hydrogen-bond donors (Lipinski definition) is 0. The van der Waals surface area contributed by atoms with Gasteiger partial charge in [-0.1, -0.05) is 11.6 Å². The molecule has 1 aromatic rings. The van der Waals surface area contributed by atoms with Gasteiger partial charge in [0.2, 0.25) is 0 Å². The van der Waals surface area contributed by atoms with Gasteiger partial charge in [-0.25, -0.2) is 16.8 Å². The molecule has 6 nitrogen and oxygen atoms in total. The molecule has 2 saturated heterocycles. The Labute approximate surface area is 145 Å². The Morgan fingerprint density at radius 1 is 1.35 bits per heavy atom. The van der Waals surface area contributed by atoms with Gasteiger partial charge in [-0.3, -0.25) is 0 Å². The van der Waals surface area contributed by atoms with Crippen LogP contribution in [-0.4, -0.2) is 57.9 Å². The van der Waals surface area contributed by atoms with Crippen LogP contribution in [0.15, 0.2) is 16.3 Å². The third kappa shape index (κ3) is 3.91. The summed E-state index contributed by atoms with van der Waals surface area (Å²) in [5.41, 5.74) is 0. The molecule has 3 rings (SSSR count). The number of sulfone groups is 1. The number of sulfonamides is 1. The molecule has 2 aliphatic rings. The molecule has 0 spiro atoms. The molecule has 2 atom stereocenters. The molecule has 2 fully saturated rings. The van der Waals surface area contributed by atoms with E-state index in [1.807, 2.05) is 0 Å². The van der Waals surface area contributed by atoms with Crippen molar-refractivity contribution >= 4 is 42.8 Å². The van der Waals surface area contributed by atoms with Gasteiger partial charge in [-0.05, 0) is 31.4 Å². The highest BCUT2D eigenvalue weighted by Gasteiger charge is 2.40. The van der Waals surface area contributed by atoms with Crippen LogP contribution in [0.5, 0.6) is 0 Å². The van der Waals surface area contributed by atoms with Crippen molar-refractivity contribution in [2.24, 2.45) is 0 Å². The molecule has 0 unspecified atom stereocenters. The molecule has 10 heteroatoms. The quantitative estimate of drug-likeness (QED) is 0.753. The Hall–Kier alpha value is -0.190. The average Bonchev–Trinajstić information content (AvgIpc) is 3.17. The monoisotopic (exact) mass is 399 g/mol. The number of halogens is 1. The molecule has 0 aliphatic carbocycles. The molecule has 0 radical (unpaired) electrons. The number of rotatable bonds is 5. The van der Waals surface area contributed by atoms with Gasteiger partial charge in [0, 0.05) is 19.2 Å². The van der Waals surface area contributed by atoms with E-state index < -0.39 is 25.9 Å². The van der Waals surface area contributed by atoms with E-state index >= 15 is 0 Å². The van der Waals surface area contributed by atoms with E-state index in [0.29, 0.717) is 17.4 Å². The number of thiophene rings is 1. The Balaban J connectivity index is 1.90. The van der Waals surface area contributed by atoms with E-state index in [1.54, 1.807) is 0 Å². The van der Waals surface area contributed by atoms with Gasteiger partial charge >= 0.3 is 0 Å². The molecular formula is C13H18ClNO5S3. The summed E-state index contributed by atoms with van der Waals surface area (Å²) in [7, 11) is -6.96. The predicted molar refractivity (Wildman–Crippen MR) is 89.3 cm³/mol. The van der Waals surface area contributed by atoms with Crippen molar-refractivity contribution in [3.05, 3.63) is 16.5 Å². The molecule has 3 heterocycles. The zero-order valence-corrected chi connectivity index (χ0v) is 15.6. The van der Waals surface area contributed by atoms with Crippen molar-refractivity contribution in [1.82, 2.24) is 4.31 Å². The summed E-state index contributed by atoms with van der Waals surface area (Å²) >= 11 is 6.85. The Morgan fingerprint density at radius 3 is 2.65 bits per heavy atom. The summed E-state index contributed by atoms with van der Waals surface area (Å²) < 4.78 is 56.9. The molecule has 0 N–H and O–H groups in total. The van der Waals surface area contributed by atoms with Gasteiger partial charge < -0.3 is 4.74 Å². The molecular weight excluding hydrogens is 382 g/mol. The second kappa shape index (κ2) is 6.61. The molecule has 23 heavy (non-hydrogen) atoms. The highest BCUT2D eigenvalue weighted by Crippen LogP contribution is 2.32. The minimum absolute atomic E-state index is 0.0282. The van der Waals surface area contributed by atoms with Gasteiger partial charge in [0.25, 0.3) is 10.0 Å². The summed E-state index contributed by atoms with van der Waals surface area (Å²) in [4.78, 5) is 0. The smallest absolute Gasteiger partial charge is 0.252 e. The largest absolute Gasteiger partial charge is 0.377 e. The molecule has 1 aromatic heterocycles. The lowest BCUT2D eigenvalue weighted by Crippen LogP contribution is -2.44.